The van der Waals surface area contributed by atoms with Gasteiger partial charge in [-0.2, -0.15) is 0 Å². The van der Waals surface area contributed by atoms with Crippen LogP contribution in [-0.4, -0.2) is 39.4 Å². The van der Waals surface area contributed by atoms with Crippen LogP contribution in [0.25, 0.3) is 0 Å². The van der Waals surface area contributed by atoms with Crippen LogP contribution in [0.5, 0.6) is 23.0 Å². The molecule has 0 radical (unpaired) electrons. The third-order valence-corrected chi connectivity index (χ3v) is 3.73. The third-order valence-electron chi connectivity index (χ3n) is 3.73. The van der Waals surface area contributed by atoms with Gasteiger partial charge in [-0.1, -0.05) is 31.2 Å². The van der Waals surface area contributed by atoms with Gasteiger partial charge in [-0.3, -0.25) is 4.79 Å². The van der Waals surface area contributed by atoms with Gasteiger partial charge in [0.25, 0.3) is 5.91 Å². The first-order chi connectivity index (χ1) is 12.7. The van der Waals surface area contributed by atoms with E-state index in [0.717, 1.165) is 0 Å². The van der Waals surface area contributed by atoms with E-state index in [1.165, 1.54) is 0 Å². The average Bonchev–Trinajstić information content (AvgIpc) is 2.69. The molecule has 0 saturated carbocycles. The Hall–Kier alpha value is -2.89. The summed E-state index contributed by atoms with van der Waals surface area (Å²) in [6, 6.07) is 14.6. The maximum absolute atomic E-state index is 12.4. The molecule has 0 fully saturated rings. The minimum Gasteiger partial charge on any atom is -0.493 e. The third kappa shape index (κ3) is 5.31. The van der Waals surface area contributed by atoms with Gasteiger partial charge < -0.3 is 24.3 Å². The van der Waals surface area contributed by atoms with E-state index in [4.69, 9.17) is 18.9 Å². The maximum atomic E-state index is 12.4. The molecular formula is C20H25NO5. The fourth-order valence-electron chi connectivity index (χ4n) is 2.38. The van der Waals surface area contributed by atoms with Crippen LogP contribution in [0.3, 0.4) is 0 Å². The van der Waals surface area contributed by atoms with Crippen molar-refractivity contribution in [1.82, 2.24) is 5.32 Å². The second kappa shape index (κ2) is 10.2. The summed E-state index contributed by atoms with van der Waals surface area (Å²) < 4.78 is 21.9. The van der Waals surface area contributed by atoms with Gasteiger partial charge in [0.1, 0.15) is 6.61 Å². The number of methoxy groups -OCH3 is 2. The van der Waals surface area contributed by atoms with Crippen LogP contribution in [0.2, 0.25) is 0 Å². The number of rotatable bonds is 10. The molecule has 1 amide bonds. The largest absolute Gasteiger partial charge is 0.493 e. The van der Waals surface area contributed by atoms with Crippen molar-refractivity contribution in [1.29, 1.82) is 0 Å². The summed E-state index contributed by atoms with van der Waals surface area (Å²) in [5.41, 5.74) is 0. The number of hydrogen-bond acceptors (Lipinski definition) is 5. The molecule has 0 aliphatic heterocycles. The molecule has 0 spiro atoms. The highest BCUT2D eigenvalue weighted by atomic mass is 16.5. The Labute approximate surface area is 154 Å². The van der Waals surface area contributed by atoms with E-state index in [-0.39, 0.29) is 5.91 Å². The van der Waals surface area contributed by atoms with Crippen LogP contribution in [0, 0.1) is 0 Å². The van der Waals surface area contributed by atoms with Gasteiger partial charge in [0, 0.05) is 0 Å². The zero-order valence-electron chi connectivity index (χ0n) is 15.4. The summed E-state index contributed by atoms with van der Waals surface area (Å²) in [6.45, 7) is 2.59. The minimum atomic E-state index is -0.599. The lowest BCUT2D eigenvalue weighted by Gasteiger charge is -2.19. The van der Waals surface area contributed by atoms with Gasteiger partial charge in [0.05, 0.1) is 20.8 Å². The summed E-state index contributed by atoms with van der Waals surface area (Å²) >= 11 is 0. The lowest BCUT2D eigenvalue weighted by atomic mass is 10.2. The molecular weight excluding hydrogens is 334 g/mol. The predicted molar refractivity (Wildman–Crippen MR) is 99.2 cm³/mol. The molecule has 6 nitrogen and oxygen atoms in total. The van der Waals surface area contributed by atoms with Gasteiger partial charge in [0.15, 0.2) is 29.1 Å². The van der Waals surface area contributed by atoms with Gasteiger partial charge in [-0.05, 0) is 30.7 Å². The zero-order chi connectivity index (χ0) is 18.8. The van der Waals surface area contributed by atoms with Crippen LogP contribution in [0.1, 0.15) is 13.3 Å². The average molecular weight is 359 g/mol. The van der Waals surface area contributed by atoms with Crippen LogP contribution >= 0.6 is 0 Å². The standard InChI is InChI=1S/C20H25NO5/c1-4-15(26-19-12-8-6-10-17(19)24-3)20(22)21-13-14-25-18-11-7-5-9-16(18)23-2/h5-12,15H,4,13-14H2,1-3H3,(H,21,22)/t15-/m0/s1. The summed E-state index contributed by atoms with van der Waals surface area (Å²) in [6.07, 6.45) is -0.0605. The summed E-state index contributed by atoms with van der Waals surface area (Å²) in [5, 5.41) is 2.83. The summed E-state index contributed by atoms with van der Waals surface area (Å²) in [4.78, 5) is 12.4. The van der Waals surface area contributed by atoms with Gasteiger partial charge in [-0.25, -0.2) is 0 Å². The first-order valence-corrected chi connectivity index (χ1v) is 8.52. The molecule has 0 aliphatic carbocycles. The van der Waals surface area contributed by atoms with Gasteiger partial charge in [0.2, 0.25) is 0 Å². The second-order valence-electron chi connectivity index (χ2n) is 5.46. The normalized spacial score (nSPS) is 11.3. The fraction of sp³-hybridized carbons (Fsp3) is 0.350. The van der Waals surface area contributed by atoms with Gasteiger partial charge in [-0.15, -0.1) is 0 Å². The second-order valence-corrected chi connectivity index (χ2v) is 5.46. The molecule has 2 rings (SSSR count). The number of ether oxygens (including phenoxy) is 4. The molecule has 2 aromatic rings. The first kappa shape index (κ1) is 19.4. The van der Waals surface area contributed by atoms with Crippen molar-refractivity contribution in [2.45, 2.75) is 19.4 Å². The van der Waals surface area contributed by atoms with Crippen molar-refractivity contribution in [2.24, 2.45) is 0 Å². The Morgan fingerprint density at radius 2 is 1.46 bits per heavy atom. The molecule has 0 aliphatic rings. The molecule has 6 heteroatoms. The smallest absolute Gasteiger partial charge is 0.261 e. The Bertz CT molecular complexity index is 704. The molecule has 0 bridgehead atoms. The quantitative estimate of drug-likeness (QED) is 0.661. The van der Waals surface area contributed by atoms with Crippen molar-refractivity contribution in [2.75, 3.05) is 27.4 Å². The van der Waals surface area contributed by atoms with E-state index in [2.05, 4.69) is 5.32 Å². The lowest BCUT2D eigenvalue weighted by Crippen LogP contribution is -2.39. The molecule has 2 aromatic carbocycles. The van der Waals surface area contributed by atoms with E-state index in [1.807, 2.05) is 43.3 Å². The van der Waals surface area contributed by atoms with Crippen molar-refractivity contribution in [3.8, 4) is 23.0 Å². The molecule has 0 saturated heterocycles. The Morgan fingerprint density at radius 3 is 2.04 bits per heavy atom. The highest BCUT2D eigenvalue weighted by Crippen LogP contribution is 2.27. The molecule has 0 aromatic heterocycles. The minimum absolute atomic E-state index is 0.193. The molecule has 0 heterocycles. The highest BCUT2D eigenvalue weighted by molar-refractivity contribution is 5.81. The maximum Gasteiger partial charge on any atom is 0.261 e. The molecule has 1 atom stereocenters. The van der Waals surface area contributed by atoms with Crippen molar-refractivity contribution >= 4 is 5.91 Å². The fourth-order valence-corrected chi connectivity index (χ4v) is 2.38. The van der Waals surface area contributed by atoms with Crippen molar-refractivity contribution in [3.63, 3.8) is 0 Å². The number of para-hydroxylation sites is 4. The number of benzene rings is 2. The molecule has 1 N–H and O–H groups in total. The Kier molecular flexibility index (Phi) is 7.61. The topological polar surface area (TPSA) is 66.0 Å². The predicted octanol–water partition coefficient (Wildman–Crippen LogP) is 3.06. The molecule has 0 unspecified atom stereocenters. The molecule has 140 valence electrons. The number of amides is 1. The first-order valence-electron chi connectivity index (χ1n) is 8.52. The van der Waals surface area contributed by atoms with Crippen LogP contribution in [0.4, 0.5) is 0 Å². The number of carbonyl (C=O) groups excluding carboxylic acids is 1. The SMILES string of the molecule is CC[C@H](Oc1ccccc1OC)C(=O)NCCOc1ccccc1OC. The molecule has 26 heavy (non-hydrogen) atoms. The summed E-state index contributed by atoms with van der Waals surface area (Å²) in [7, 11) is 3.16. The zero-order valence-corrected chi connectivity index (χ0v) is 15.4. The van der Waals surface area contributed by atoms with Crippen molar-refractivity contribution in [3.05, 3.63) is 48.5 Å². The van der Waals surface area contributed by atoms with Crippen LogP contribution in [-0.2, 0) is 4.79 Å². The van der Waals surface area contributed by atoms with Crippen molar-refractivity contribution < 1.29 is 23.7 Å². The number of nitrogens with one attached hydrogen (secondary N) is 1. The van der Waals surface area contributed by atoms with E-state index >= 15 is 0 Å². The number of hydrogen-bond donors (Lipinski definition) is 1. The number of carbonyl (C=O) groups is 1. The van der Waals surface area contributed by atoms with Crippen LogP contribution in [0.15, 0.2) is 48.5 Å². The van der Waals surface area contributed by atoms with Gasteiger partial charge >= 0.3 is 0 Å². The Balaban J connectivity index is 1.83. The van der Waals surface area contributed by atoms with E-state index < -0.39 is 6.10 Å². The van der Waals surface area contributed by atoms with E-state index in [9.17, 15) is 4.79 Å². The van der Waals surface area contributed by atoms with E-state index in [0.29, 0.717) is 42.6 Å². The highest BCUT2D eigenvalue weighted by Gasteiger charge is 2.19. The monoisotopic (exact) mass is 359 g/mol. The summed E-state index contributed by atoms with van der Waals surface area (Å²) in [5.74, 6) is 2.24. The lowest BCUT2D eigenvalue weighted by molar-refractivity contribution is -0.128. The van der Waals surface area contributed by atoms with E-state index in [1.54, 1.807) is 26.4 Å². The Morgan fingerprint density at radius 1 is 0.923 bits per heavy atom. The van der Waals surface area contributed by atoms with Crippen LogP contribution < -0.4 is 24.3 Å².